The zero-order chi connectivity index (χ0) is 19.7. The summed E-state index contributed by atoms with van der Waals surface area (Å²) in [6.07, 6.45) is 1.91. The molecular formula is C19H15BrN4O2S2. The highest BCUT2D eigenvalue weighted by Crippen LogP contribution is 2.31. The fourth-order valence-electron chi connectivity index (χ4n) is 2.72. The maximum absolute atomic E-state index is 12.4. The number of carbonyl (C=O) groups excluding carboxylic acids is 2. The largest absolute Gasteiger partial charge is 0.360 e. The van der Waals surface area contributed by atoms with Gasteiger partial charge < -0.3 is 15.6 Å². The Labute approximate surface area is 177 Å². The Kier molecular flexibility index (Phi) is 5.29. The Morgan fingerprint density at radius 3 is 2.82 bits per heavy atom. The van der Waals surface area contributed by atoms with Crippen LogP contribution in [0.5, 0.6) is 0 Å². The first-order valence-electron chi connectivity index (χ1n) is 8.40. The standard InChI is InChI=1S/C19H15BrN4O2S2/c1-10(22-18(26)15-6-7-16(20)28-15)17(25)24-19-23-14(9-27-19)12-8-21-13-5-3-2-4-11(12)13/h2-10,21H,1H3,(H,22,26)(H,23,24,25). The second-order valence-electron chi connectivity index (χ2n) is 6.07. The average molecular weight is 475 g/mol. The summed E-state index contributed by atoms with van der Waals surface area (Å²) in [5.41, 5.74) is 2.81. The molecule has 1 aromatic carbocycles. The van der Waals surface area contributed by atoms with Crippen molar-refractivity contribution in [1.82, 2.24) is 15.3 Å². The number of aromatic nitrogens is 2. The zero-order valence-corrected chi connectivity index (χ0v) is 17.9. The number of thiophene rings is 1. The van der Waals surface area contributed by atoms with E-state index in [4.69, 9.17) is 0 Å². The molecule has 4 aromatic rings. The Bertz CT molecular complexity index is 1160. The van der Waals surface area contributed by atoms with Crippen LogP contribution in [0, 0.1) is 0 Å². The molecule has 3 heterocycles. The van der Waals surface area contributed by atoms with Crippen LogP contribution in [0.4, 0.5) is 5.13 Å². The van der Waals surface area contributed by atoms with E-state index in [-0.39, 0.29) is 11.8 Å². The van der Waals surface area contributed by atoms with E-state index in [9.17, 15) is 9.59 Å². The summed E-state index contributed by atoms with van der Waals surface area (Å²) < 4.78 is 0.863. The molecule has 3 aromatic heterocycles. The van der Waals surface area contributed by atoms with Gasteiger partial charge in [-0.15, -0.1) is 22.7 Å². The number of hydrogen-bond acceptors (Lipinski definition) is 5. The van der Waals surface area contributed by atoms with E-state index >= 15 is 0 Å². The SMILES string of the molecule is CC(NC(=O)c1ccc(Br)s1)C(=O)Nc1nc(-c2c[nH]c3ccccc23)cs1. The molecular weight excluding hydrogens is 460 g/mol. The van der Waals surface area contributed by atoms with Crippen LogP contribution in [0.3, 0.4) is 0 Å². The van der Waals surface area contributed by atoms with Gasteiger partial charge >= 0.3 is 0 Å². The normalized spacial score (nSPS) is 12.1. The van der Waals surface area contributed by atoms with Crippen molar-refractivity contribution in [1.29, 1.82) is 0 Å². The van der Waals surface area contributed by atoms with Gasteiger partial charge in [-0.05, 0) is 41.1 Å². The quantitative estimate of drug-likeness (QED) is 0.385. The van der Waals surface area contributed by atoms with E-state index in [2.05, 4.69) is 36.5 Å². The van der Waals surface area contributed by atoms with Gasteiger partial charge in [-0.1, -0.05) is 18.2 Å². The highest BCUT2D eigenvalue weighted by molar-refractivity contribution is 9.11. The van der Waals surface area contributed by atoms with Gasteiger partial charge in [-0.2, -0.15) is 0 Å². The molecule has 28 heavy (non-hydrogen) atoms. The third-order valence-electron chi connectivity index (χ3n) is 4.14. The van der Waals surface area contributed by atoms with Crippen molar-refractivity contribution in [2.24, 2.45) is 0 Å². The summed E-state index contributed by atoms with van der Waals surface area (Å²) in [5.74, 6) is -0.597. The molecule has 2 amide bonds. The lowest BCUT2D eigenvalue weighted by molar-refractivity contribution is -0.117. The summed E-state index contributed by atoms with van der Waals surface area (Å²) in [6, 6.07) is 10.8. The zero-order valence-electron chi connectivity index (χ0n) is 14.7. The molecule has 142 valence electrons. The van der Waals surface area contributed by atoms with E-state index in [1.807, 2.05) is 35.8 Å². The monoisotopic (exact) mass is 474 g/mol. The van der Waals surface area contributed by atoms with Crippen molar-refractivity contribution in [3.8, 4) is 11.3 Å². The number of benzene rings is 1. The molecule has 6 nitrogen and oxygen atoms in total. The van der Waals surface area contributed by atoms with Crippen LogP contribution in [-0.2, 0) is 4.79 Å². The number of hydrogen-bond donors (Lipinski definition) is 3. The lowest BCUT2D eigenvalue weighted by Crippen LogP contribution is -2.41. The minimum absolute atomic E-state index is 0.281. The van der Waals surface area contributed by atoms with Crippen molar-refractivity contribution in [3.05, 3.63) is 56.6 Å². The van der Waals surface area contributed by atoms with E-state index in [0.29, 0.717) is 10.0 Å². The van der Waals surface area contributed by atoms with Gasteiger partial charge in [0.25, 0.3) is 5.91 Å². The average Bonchev–Trinajstić information content (AvgIpc) is 3.40. The summed E-state index contributed by atoms with van der Waals surface area (Å²) in [7, 11) is 0. The van der Waals surface area contributed by atoms with Crippen LogP contribution < -0.4 is 10.6 Å². The number of para-hydroxylation sites is 1. The second kappa shape index (κ2) is 7.86. The molecule has 0 spiro atoms. The van der Waals surface area contributed by atoms with E-state index in [0.717, 1.165) is 25.9 Å². The van der Waals surface area contributed by atoms with E-state index in [1.165, 1.54) is 22.7 Å². The molecule has 1 atom stereocenters. The molecule has 4 rings (SSSR count). The van der Waals surface area contributed by atoms with Crippen LogP contribution >= 0.6 is 38.6 Å². The van der Waals surface area contributed by atoms with Gasteiger partial charge in [0.1, 0.15) is 6.04 Å². The topological polar surface area (TPSA) is 86.9 Å². The molecule has 3 N–H and O–H groups in total. The van der Waals surface area contributed by atoms with Gasteiger partial charge in [-0.25, -0.2) is 4.98 Å². The summed E-state index contributed by atoms with van der Waals surface area (Å²) in [6.45, 7) is 1.64. The number of carbonyl (C=O) groups is 2. The Balaban J connectivity index is 1.43. The first-order valence-corrected chi connectivity index (χ1v) is 10.9. The molecule has 1 unspecified atom stereocenters. The first kappa shape index (κ1) is 18.9. The number of nitrogens with zero attached hydrogens (tertiary/aromatic N) is 1. The number of nitrogens with one attached hydrogen (secondary N) is 3. The number of rotatable bonds is 5. The van der Waals surface area contributed by atoms with Gasteiger partial charge in [0, 0.05) is 28.0 Å². The molecule has 9 heteroatoms. The molecule has 0 saturated carbocycles. The molecule has 0 aliphatic carbocycles. The summed E-state index contributed by atoms with van der Waals surface area (Å²) in [5, 5.41) is 8.94. The van der Waals surface area contributed by atoms with E-state index in [1.54, 1.807) is 19.1 Å². The van der Waals surface area contributed by atoms with Gasteiger partial charge in [-0.3, -0.25) is 9.59 Å². The lowest BCUT2D eigenvalue weighted by atomic mass is 10.1. The van der Waals surface area contributed by atoms with Crippen LogP contribution in [0.25, 0.3) is 22.2 Å². The number of fused-ring (bicyclic) bond motifs is 1. The Hall–Kier alpha value is -2.49. The Morgan fingerprint density at radius 1 is 1.21 bits per heavy atom. The summed E-state index contributed by atoms with van der Waals surface area (Å²) in [4.78, 5) is 32.9. The smallest absolute Gasteiger partial charge is 0.262 e. The molecule has 0 aliphatic heterocycles. The number of amides is 2. The number of H-pyrrole nitrogens is 1. The fraction of sp³-hybridized carbons (Fsp3) is 0.105. The predicted molar refractivity (Wildman–Crippen MR) is 117 cm³/mol. The van der Waals surface area contributed by atoms with Crippen LogP contribution in [0.15, 0.2) is 51.8 Å². The molecule has 0 radical (unpaired) electrons. The Morgan fingerprint density at radius 2 is 2.04 bits per heavy atom. The first-order chi connectivity index (χ1) is 13.5. The highest BCUT2D eigenvalue weighted by Gasteiger charge is 2.19. The predicted octanol–water partition coefficient (Wildman–Crippen LogP) is 4.87. The number of anilines is 1. The van der Waals surface area contributed by atoms with Crippen molar-refractivity contribution < 1.29 is 9.59 Å². The van der Waals surface area contributed by atoms with Gasteiger partial charge in [0.2, 0.25) is 5.91 Å². The molecule has 0 bridgehead atoms. The minimum atomic E-state index is -0.686. The van der Waals surface area contributed by atoms with Crippen molar-refractivity contribution in [2.75, 3.05) is 5.32 Å². The van der Waals surface area contributed by atoms with Crippen LogP contribution in [0.1, 0.15) is 16.6 Å². The maximum Gasteiger partial charge on any atom is 0.262 e. The molecule has 0 saturated heterocycles. The van der Waals surface area contributed by atoms with Gasteiger partial charge in [0.15, 0.2) is 5.13 Å². The van der Waals surface area contributed by atoms with Crippen molar-refractivity contribution in [3.63, 3.8) is 0 Å². The van der Waals surface area contributed by atoms with Crippen LogP contribution in [0.2, 0.25) is 0 Å². The summed E-state index contributed by atoms with van der Waals surface area (Å²) >= 11 is 5.99. The van der Waals surface area contributed by atoms with Crippen molar-refractivity contribution >= 4 is 66.5 Å². The molecule has 0 aliphatic rings. The number of aromatic amines is 1. The third-order valence-corrected chi connectivity index (χ3v) is 6.52. The maximum atomic E-state index is 12.4. The van der Waals surface area contributed by atoms with Crippen LogP contribution in [-0.4, -0.2) is 27.8 Å². The number of halogens is 1. The van der Waals surface area contributed by atoms with Crippen molar-refractivity contribution in [2.45, 2.75) is 13.0 Å². The minimum Gasteiger partial charge on any atom is -0.360 e. The van der Waals surface area contributed by atoms with E-state index < -0.39 is 6.04 Å². The second-order valence-corrected chi connectivity index (χ2v) is 9.40. The molecule has 0 fully saturated rings. The highest BCUT2D eigenvalue weighted by atomic mass is 79.9. The number of thiazole rings is 1. The fourth-order valence-corrected chi connectivity index (χ4v) is 4.72. The third kappa shape index (κ3) is 3.87. The van der Waals surface area contributed by atoms with Gasteiger partial charge in [0.05, 0.1) is 14.4 Å². The lowest BCUT2D eigenvalue weighted by Gasteiger charge is -2.12.